The van der Waals surface area contributed by atoms with E-state index in [9.17, 15) is 74.6 Å². The molecule has 1 aromatic rings. The monoisotopic (exact) mass is 560 g/mol. The molecule has 0 atom stereocenters. The van der Waals surface area contributed by atoms with Crippen molar-refractivity contribution in [3.8, 4) is 5.75 Å². The van der Waals surface area contributed by atoms with Crippen LogP contribution in [0.15, 0.2) is 16.8 Å². The number of alkyl halides is 17. The zero-order chi connectivity index (χ0) is 27.2. The van der Waals surface area contributed by atoms with Gasteiger partial charge < -0.3 is 4.74 Å². The minimum absolute atomic E-state index is 0.0376. The van der Waals surface area contributed by atoms with Gasteiger partial charge in [0.05, 0.1) is 6.61 Å². The van der Waals surface area contributed by atoms with Crippen molar-refractivity contribution in [2.45, 2.75) is 60.5 Å². The lowest BCUT2D eigenvalue weighted by atomic mass is 9.88. The Kier molecular flexibility index (Phi) is 7.82. The standard InChI is InChI=1S/C15H9F17OS/c16-8(17,3-1-4-33-7-2-5-34-6-7)9(18,19)10(20,21)11(22,23)12(24,25)13(26,27)14(28,29)15(30,31)32/h2,5-6H,1,3-4H2. The molecule has 0 bridgehead atoms. The molecule has 0 aliphatic carbocycles. The van der Waals surface area contributed by atoms with Gasteiger partial charge in [-0.15, -0.1) is 11.3 Å². The summed E-state index contributed by atoms with van der Waals surface area (Å²) in [5.41, 5.74) is 0. The summed E-state index contributed by atoms with van der Waals surface area (Å²) in [6.45, 7) is -0.948. The van der Waals surface area contributed by atoms with Crippen molar-refractivity contribution in [1.82, 2.24) is 0 Å². The van der Waals surface area contributed by atoms with E-state index in [0.717, 1.165) is 11.3 Å². The molecular formula is C15H9F17OS. The van der Waals surface area contributed by atoms with E-state index in [-0.39, 0.29) is 5.75 Å². The minimum Gasteiger partial charge on any atom is -0.493 e. The fraction of sp³-hybridized carbons (Fsp3) is 0.733. The highest BCUT2D eigenvalue weighted by atomic mass is 32.1. The molecule has 0 N–H and O–H groups in total. The normalized spacial score (nSPS) is 15.6. The molecule has 0 aliphatic heterocycles. The Hall–Kier alpha value is -1.69. The Labute approximate surface area is 181 Å². The summed E-state index contributed by atoms with van der Waals surface area (Å²) in [5, 5.41) is 2.61. The van der Waals surface area contributed by atoms with Crippen molar-refractivity contribution in [3.63, 3.8) is 0 Å². The molecule has 0 saturated heterocycles. The molecule has 0 radical (unpaired) electrons. The lowest BCUT2D eigenvalue weighted by molar-refractivity contribution is -0.461. The van der Waals surface area contributed by atoms with Crippen LogP contribution in [0.25, 0.3) is 0 Å². The summed E-state index contributed by atoms with van der Waals surface area (Å²) < 4.78 is 227. The average Bonchev–Trinajstić information content (AvgIpc) is 3.16. The number of ether oxygens (including phenoxy) is 1. The molecule has 0 amide bonds. The van der Waals surface area contributed by atoms with Crippen LogP contribution in [0.4, 0.5) is 74.6 Å². The molecule has 1 nitrogen and oxygen atoms in total. The maximum absolute atomic E-state index is 13.6. The summed E-state index contributed by atoms with van der Waals surface area (Å²) >= 11 is 0.989. The molecular weight excluding hydrogens is 551 g/mol. The fourth-order valence-corrected chi connectivity index (χ4v) is 2.74. The summed E-state index contributed by atoms with van der Waals surface area (Å²) in [6, 6.07) is 1.21. The van der Waals surface area contributed by atoms with Crippen molar-refractivity contribution in [1.29, 1.82) is 0 Å². The molecule has 34 heavy (non-hydrogen) atoms. The van der Waals surface area contributed by atoms with Gasteiger partial charge in [0.15, 0.2) is 0 Å². The molecule has 0 aromatic carbocycles. The zero-order valence-electron chi connectivity index (χ0n) is 15.6. The number of halogens is 17. The Bertz CT molecular complexity index is 811. The van der Waals surface area contributed by atoms with Crippen LogP contribution in [0.3, 0.4) is 0 Å². The topological polar surface area (TPSA) is 9.23 Å². The quantitative estimate of drug-likeness (QED) is 0.198. The van der Waals surface area contributed by atoms with Gasteiger partial charge in [0, 0.05) is 11.8 Å². The van der Waals surface area contributed by atoms with E-state index in [2.05, 4.69) is 4.74 Å². The van der Waals surface area contributed by atoms with Crippen molar-refractivity contribution < 1.29 is 79.4 Å². The third kappa shape index (κ3) is 4.47. The molecule has 0 unspecified atom stereocenters. The van der Waals surface area contributed by atoms with Gasteiger partial charge in [-0.25, -0.2) is 0 Å². The van der Waals surface area contributed by atoms with Gasteiger partial charge >= 0.3 is 47.6 Å². The third-order valence-electron chi connectivity index (χ3n) is 4.19. The van der Waals surface area contributed by atoms with Crippen LogP contribution < -0.4 is 4.74 Å². The number of hydrogen-bond acceptors (Lipinski definition) is 2. The van der Waals surface area contributed by atoms with Crippen molar-refractivity contribution in [3.05, 3.63) is 16.8 Å². The summed E-state index contributed by atoms with van der Waals surface area (Å²) in [7, 11) is 0. The van der Waals surface area contributed by atoms with Crippen LogP contribution in [0.1, 0.15) is 12.8 Å². The molecule has 1 heterocycles. The van der Waals surface area contributed by atoms with Gasteiger partial charge in [0.1, 0.15) is 5.75 Å². The molecule has 0 aliphatic rings. The van der Waals surface area contributed by atoms with E-state index >= 15 is 0 Å². The molecule has 0 saturated carbocycles. The lowest BCUT2D eigenvalue weighted by Crippen LogP contribution is -2.74. The van der Waals surface area contributed by atoms with Crippen molar-refractivity contribution >= 4 is 11.3 Å². The highest BCUT2D eigenvalue weighted by molar-refractivity contribution is 7.08. The van der Waals surface area contributed by atoms with Crippen LogP contribution >= 0.6 is 11.3 Å². The second-order valence-corrected chi connectivity index (χ2v) is 7.34. The van der Waals surface area contributed by atoms with Gasteiger partial charge in [0.25, 0.3) is 0 Å². The first kappa shape index (κ1) is 30.3. The first-order valence-electron chi connectivity index (χ1n) is 8.19. The second-order valence-electron chi connectivity index (χ2n) is 6.56. The molecule has 0 fully saturated rings. The largest absolute Gasteiger partial charge is 0.493 e. The number of rotatable bonds is 11. The Morgan fingerprint density at radius 1 is 0.588 bits per heavy atom. The van der Waals surface area contributed by atoms with Crippen molar-refractivity contribution in [2.24, 2.45) is 0 Å². The number of hydrogen-bond donors (Lipinski definition) is 0. The van der Waals surface area contributed by atoms with E-state index in [4.69, 9.17) is 0 Å². The van der Waals surface area contributed by atoms with Gasteiger partial charge in [-0.05, 0) is 17.9 Å². The van der Waals surface area contributed by atoms with Gasteiger partial charge in [0.2, 0.25) is 0 Å². The summed E-state index contributed by atoms with van der Waals surface area (Å²) in [6.07, 6.45) is -11.6. The van der Waals surface area contributed by atoms with Gasteiger partial charge in [-0.2, -0.15) is 74.6 Å². The SMILES string of the molecule is FC(F)(F)C(F)(F)C(F)(F)C(F)(F)C(F)(F)C(F)(F)C(F)(F)C(F)(F)CCCOc1ccsc1. The first-order valence-corrected chi connectivity index (χ1v) is 9.13. The predicted octanol–water partition coefficient (Wildman–Crippen LogP) is 7.92. The van der Waals surface area contributed by atoms with E-state index in [0.29, 0.717) is 0 Å². The molecule has 0 spiro atoms. The summed E-state index contributed by atoms with van der Waals surface area (Å²) in [4.78, 5) is 0. The van der Waals surface area contributed by atoms with E-state index in [1.54, 1.807) is 0 Å². The predicted molar refractivity (Wildman–Crippen MR) is 79.7 cm³/mol. The van der Waals surface area contributed by atoms with Crippen LogP contribution in [0.2, 0.25) is 0 Å². The highest BCUT2D eigenvalue weighted by Crippen LogP contribution is 2.64. The molecule has 1 rings (SSSR count). The minimum atomic E-state index is -8.61. The van der Waals surface area contributed by atoms with Crippen LogP contribution in [-0.2, 0) is 0 Å². The van der Waals surface area contributed by atoms with Gasteiger partial charge in [-0.1, -0.05) is 0 Å². The van der Waals surface area contributed by atoms with Crippen LogP contribution in [0.5, 0.6) is 5.75 Å². The number of thiophene rings is 1. The first-order chi connectivity index (χ1) is 14.8. The maximum atomic E-state index is 13.6. The average molecular weight is 560 g/mol. The highest BCUT2D eigenvalue weighted by Gasteiger charge is 2.95. The van der Waals surface area contributed by atoms with Gasteiger partial charge in [-0.3, -0.25) is 0 Å². The van der Waals surface area contributed by atoms with Crippen molar-refractivity contribution in [2.75, 3.05) is 6.61 Å². The maximum Gasteiger partial charge on any atom is 0.460 e. The van der Waals surface area contributed by atoms with E-state index in [1.807, 2.05) is 0 Å². The molecule has 1 aromatic heterocycles. The Morgan fingerprint density at radius 2 is 1.00 bits per heavy atom. The Morgan fingerprint density at radius 3 is 1.38 bits per heavy atom. The summed E-state index contributed by atoms with van der Waals surface area (Å²) in [5.74, 6) is -56.1. The Balaban J connectivity index is 3.28. The smallest absolute Gasteiger partial charge is 0.460 e. The van der Waals surface area contributed by atoms with Crippen LogP contribution in [0, 0.1) is 0 Å². The second kappa shape index (κ2) is 8.76. The van der Waals surface area contributed by atoms with E-state index < -0.39 is 67.1 Å². The molecule has 200 valence electrons. The lowest BCUT2D eigenvalue weighted by Gasteiger charge is -2.42. The zero-order valence-corrected chi connectivity index (χ0v) is 16.4. The molecule has 19 heteroatoms. The fourth-order valence-electron chi connectivity index (χ4n) is 2.17. The third-order valence-corrected chi connectivity index (χ3v) is 4.85. The van der Waals surface area contributed by atoms with E-state index in [1.165, 1.54) is 16.8 Å². The van der Waals surface area contributed by atoms with Crippen LogP contribution in [-0.4, -0.2) is 54.2 Å².